The minimum atomic E-state index is 0.534. The zero-order valence-corrected chi connectivity index (χ0v) is 12.5. The second-order valence-electron chi connectivity index (χ2n) is 4.93. The molecule has 96 valence electrons. The zero-order valence-electron chi connectivity index (χ0n) is 10.9. The monoisotopic (exact) mass is 269 g/mol. The van der Waals surface area contributed by atoms with Crippen LogP contribution in [0.3, 0.4) is 0 Å². The molecular weight excluding hydrogens is 246 g/mol. The van der Waals surface area contributed by atoms with E-state index in [0.29, 0.717) is 6.04 Å². The molecule has 0 aliphatic heterocycles. The average molecular weight is 269 g/mol. The molecule has 2 rings (SSSR count). The van der Waals surface area contributed by atoms with Gasteiger partial charge in [-0.05, 0) is 43.8 Å². The van der Waals surface area contributed by atoms with Crippen LogP contribution in [0.25, 0.3) is 0 Å². The molecule has 1 aromatic rings. The van der Waals surface area contributed by atoms with Gasteiger partial charge in [0.2, 0.25) is 0 Å². The van der Waals surface area contributed by atoms with Crippen LogP contribution in [0.2, 0.25) is 0 Å². The number of thioether (sulfide) groups is 1. The Morgan fingerprint density at radius 2 is 2.18 bits per heavy atom. The normalized spacial score (nSPS) is 19.4. The maximum absolute atomic E-state index is 3.46. The maximum atomic E-state index is 3.46. The lowest BCUT2D eigenvalue weighted by atomic mass is 10.0. The second-order valence-corrected chi connectivity index (χ2v) is 7.37. The first kappa shape index (κ1) is 13.4. The Balaban J connectivity index is 1.82. The zero-order chi connectivity index (χ0) is 12.1. The lowest BCUT2D eigenvalue weighted by Crippen LogP contribution is -2.20. The number of rotatable bonds is 5. The van der Waals surface area contributed by atoms with E-state index in [-0.39, 0.29) is 0 Å². The van der Waals surface area contributed by atoms with Gasteiger partial charge in [0.25, 0.3) is 0 Å². The first-order valence-corrected chi connectivity index (χ1v) is 8.56. The van der Waals surface area contributed by atoms with E-state index in [1.54, 1.807) is 0 Å². The standard InChI is InChI=1S/C14H23NS2/c1-11-8-12(9-16-11)14(15-2)10-17-13-6-4-3-5-7-13/h8-9,13-15H,3-7,10H2,1-2H3. The molecular formula is C14H23NS2. The molecule has 0 bridgehead atoms. The van der Waals surface area contributed by atoms with Crippen molar-refractivity contribution in [1.29, 1.82) is 0 Å². The number of aryl methyl sites for hydroxylation is 1. The van der Waals surface area contributed by atoms with Crippen molar-refractivity contribution >= 4 is 23.1 Å². The van der Waals surface area contributed by atoms with Gasteiger partial charge in [-0.3, -0.25) is 0 Å². The van der Waals surface area contributed by atoms with Crippen LogP contribution in [-0.4, -0.2) is 18.1 Å². The van der Waals surface area contributed by atoms with E-state index in [2.05, 4.69) is 42.5 Å². The first-order chi connectivity index (χ1) is 8.29. The molecule has 1 heterocycles. The topological polar surface area (TPSA) is 12.0 Å². The van der Waals surface area contributed by atoms with Crippen molar-refractivity contribution in [3.63, 3.8) is 0 Å². The molecule has 0 aromatic carbocycles. The summed E-state index contributed by atoms with van der Waals surface area (Å²) in [6.45, 7) is 2.19. The smallest absolute Gasteiger partial charge is 0.0417 e. The van der Waals surface area contributed by atoms with Gasteiger partial charge in [0.1, 0.15) is 0 Å². The Morgan fingerprint density at radius 1 is 1.41 bits per heavy atom. The summed E-state index contributed by atoms with van der Waals surface area (Å²) < 4.78 is 0. The summed E-state index contributed by atoms with van der Waals surface area (Å²) in [6.07, 6.45) is 7.21. The highest BCUT2D eigenvalue weighted by Crippen LogP contribution is 2.31. The third-order valence-corrected chi connectivity index (χ3v) is 5.90. The van der Waals surface area contributed by atoms with Crippen molar-refractivity contribution in [3.05, 3.63) is 21.9 Å². The Hall–Kier alpha value is 0.0100. The van der Waals surface area contributed by atoms with Crippen LogP contribution in [0.4, 0.5) is 0 Å². The van der Waals surface area contributed by atoms with Crippen molar-refractivity contribution in [2.24, 2.45) is 0 Å². The van der Waals surface area contributed by atoms with E-state index in [1.165, 1.54) is 48.3 Å². The summed E-state index contributed by atoms with van der Waals surface area (Å²) in [7, 11) is 2.08. The van der Waals surface area contributed by atoms with Crippen LogP contribution < -0.4 is 5.32 Å². The SMILES string of the molecule is CNC(CSC1CCCCC1)c1csc(C)c1. The van der Waals surface area contributed by atoms with E-state index in [9.17, 15) is 0 Å². The van der Waals surface area contributed by atoms with Crippen molar-refractivity contribution in [3.8, 4) is 0 Å². The summed E-state index contributed by atoms with van der Waals surface area (Å²) in [5.74, 6) is 1.22. The highest BCUT2D eigenvalue weighted by molar-refractivity contribution is 7.99. The quantitative estimate of drug-likeness (QED) is 0.851. The van der Waals surface area contributed by atoms with E-state index >= 15 is 0 Å². The molecule has 1 aromatic heterocycles. The molecule has 1 aliphatic rings. The molecule has 1 atom stereocenters. The fraction of sp³-hybridized carbons (Fsp3) is 0.714. The minimum absolute atomic E-state index is 0.534. The minimum Gasteiger partial charge on any atom is -0.312 e. The molecule has 1 saturated carbocycles. The average Bonchev–Trinajstić information content (AvgIpc) is 2.78. The van der Waals surface area contributed by atoms with Crippen LogP contribution in [0.15, 0.2) is 11.4 Å². The predicted molar refractivity (Wildman–Crippen MR) is 80.2 cm³/mol. The Bertz CT molecular complexity index is 329. The lowest BCUT2D eigenvalue weighted by molar-refractivity contribution is 0.515. The van der Waals surface area contributed by atoms with Gasteiger partial charge in [0, 0.05) is 21.9 Å². The summed E-state index contributed by atoms with van der Waals surface area (Å²) in [5.41, 5.74) is 1.47. The van der Waals surface area contributed by atoms with Crippen molar-refractivity contribution in [2.75, 3.05) is 12.8 Å². The molecule has 0 amide bonds. The fourth-order valence-corrected chi connectivity index (χ4v) is 4.71. The molecule has 0 radical (unpaired) electrons. The van der Waals surface area contributed by atoms with Gasteiger partial charge in [0.05, 0.1) is 0 Å². The second kappa shape index (κ2) is 6.81. The molecule has 3 heteroatoms. The number of hydrogen-bond acceptors (Lipinski definition) is 3. The molecule has 1 N–H and O–H groups in total. The molecule has 1 fully saturated rings. The third-order valence-electron chi connectivity index (χ3n) is 3.55. The lowest BCUT2D eigenvalue weighted by Gasteiger charge is -2.23. The van der Waals surface area contributed by atoms with Crippen molar-refractivity contribution in [1.82, 2.24) is 5.32 Å². The third kappa shape index (κ3) is 4.01. The van der Waals surface area contributed by atoms with Gasteiger partial charge in [0.15, 0.2) is 0 Å². The van der Waals surface area contributed by atoms with Gasteiger partial charge >= 0.3 is 0 Å². The van der Waals surface area contributed by atoms with Gasteiger partial charge in [-0.1, -0.05) is 19.3 Å². The predicted octanol–water partition coefficient (Wildman–Crippen LogP) is 4.38. The van der Waals surface area contributed by atoms with Crippen LogP contribution in [-0.2, 0) is 0 Å². The van der Waals surface area contributed by atoms with Crippen LogP contribution in [0.5, 0.6) is 0 Å². The van der Waals surface area contributed by atoms with Gasteiger partial charge in [-0.15, -0.1) is 11.3 Å². The largest absolute Gasteiger partial charge is 0.312 e. The molecule has 1 unspecified atom stereocenters. The number of nitrogens with one attached hydrogen (secondary N) is 1. The summed E-state index contributed by atoms with van der Waals surface area (Å²) in [4.78, 5) is 1.42. The fourth-order valence-electron chi connectivity index (χ4n) is 2.46. The van der Waals surface area contributed by atoms with Crippen LogP contribution >= 0.6 is 23.1 Å². The molecule has 1 nitrogen and oxygen atoms in total. The highest BCUT2D eigenvalue weighted by Gasteiger charge is 2.17. The molecule has 0 saturated heterocycles. The van der Waals surface area contributed by atoms with Crippen LogP contribution in [0, 0.1) is 6.92 Å². The molecule has 1 aliphatic carbocycles. The van der Waals surface area contributed by atoms with Gasteiger partial charge in [-0.25, -0.2) is 0 Å². The van der Waals surface area contributed by atoms with E-state index < -0.39 is 0 Å². The molecule has 0 spiro atoms. The summed E-state index contributed by atoms with van der Waals surface area (Å²) >= 11 is 4.04. The van der Waals surface area contributed by atoms with E-state index in [1.807, 2.05) is 11.3 Å². The summed E-state index contributed by atoms with van der Waals surface area (Å²) in [6, 6.07) is 2.86. The van der Waals surface area contributed by atoms with Crippen LogP contribution in [0.1, 0.15) is 48.6 Å². The first-order valence-electron chi connectivity index (χ1n) is 6.63. The molecule has 17 heavy (non-hydrogen) atoms. The Labute approximate surface area is 113 Å². The van der Waals surface area contributed by atoms with Crippen molar-refractivity contribution in [2.45, 2.75) is 50.3 Å². The number of thiophene rings is 1. The van der Waals surface area contributed by atoms with Crippen molar-refractivity contribution < 1.29 is 0 Å². The maximum Gasteiger partial charge on any atom is 0.0417 e. The van der Waals surface area contributed by atoms with E-state index in [4.69, 9.17) is 0 Å². The number of hydrogen-bond donors (Lipinski definition) is 1. The highest BCUT2D eigenvalue weighted by atomic mass is 32.2. The van der Waals surface area contributed by atoms with E-state index in [0.717, 1.165) is 5.25 Å². The van der Waals surface area contributed by atoms with Gasteiger partial charge in [-0.2, -0.15) is 11.8 Å². The summed E-state index contributed by atoms with van der Waals surface area (Å²) in [5, 5.41) is 6.68. The Kier molecular flexibility index (Phi) is 5.39. The Morgan fingerprint density at radius 3 is 2.76 bits per heavy atom. The van der Waals surface area contributed by atoms with Gasteiger partial charge < -0.3 is 5.32 Å².